The van der Waals surface area contributed by atoms with Gasteiger partial charge in [-0.1, -0.05) is 12.1 Å². The van der Waals surface area contributed by atoms with Gasteiger partial charge in [-0.15, -0.1) is 0 Å². The van der Waals surface area contributed by atoms with Crippen molar-refractivity contribution in [2.45, 2.75) is 21.6 Å². The number of nitrogens with zero attached hydrogens (tertiary/aromatic N) is 8. The number of rotatable bonds is 12. The molecule has 0 spiro atoms. The molecule has 0 saturated heterocycles. The summed E-state index contributed by atoms with van der Waals surface area (Å²) in [4.78, 5) is 12.2. The molecule has 23 heteroatoms. The SMILES string of the molecule is COc1cc(N=Nc2cccc(S(=O)(=O)O)c2)ccc1Nc1nc(O)nc(N(C)c2ccc(N=Nc3ccc4cc(S(=O)(=O)O)cc(S(=O)(=O)O)c4c3)c(C)c2)n1. The van der Waals surface area contributed by atoms with Crippen LogP contribution in [0.1, 0.15) is 5.56 Å². The lowest BCUT2D eigenvalue weighted by molar-refractivity contribution is 0.416. The maximum Gasteiger partial charge on any atom is 0.320 e. The summed E-state index contributed by atoms with van der Waals surface area (Å²) in [5.41, 5.74) is 2.73. The van der Waals surface area contributed by atoms with Crippen LogP contribution in [0.3, 0.4) is 0 Å². The lowest BCUT2D eigenvalue weighted by Gasteiger charge is -2.19. The van der Waals surface area contributed by atoms with E-state index in [0.29, 0.717) is 40.1 Å². The quantitative estimate of drug-likeness (QED) is 0.0605. The van der Waals surface area contributed by atoms with Crippen LogP contribution in [0.4, 0.5) is 46.0 Å². The van der Waals surface area contributed by atoms with Crippen LogP contribution in [0.2, 0.25) is 0 Å². The van der Waals surface area contributed by atoms with Crippen molar-refractivity contribution in [3.8, 4) is 11.8 Å². The molecule has 5 N–H and O–H groups in total. The van der Waals surface area contributed by atoms with E-state index in [1.54, 1.807) is 49.2 Å². The average Bonchev–Trinajstić information content (AvgIpc) is 3.15. The van der Waals surface area contributed by atoms with E-state index >= 15 is 0 Å². The fourth-order valence-electron chi connectivity index (χ4n) is 5.24. The Labute approximate surface area is 324 Å². The molecule has 0 amide bonds. The molecule has 0 bridgehead atoms. The van der Waals surface area contributed by atoms with E-state index in [2.05, 4.69) is 40.7 Å². The molecule has 1 heterocycles. The number of hydrogen-bond donors (Lipinski definition) is 5. The molecule has 0 unspecified atom stereocenters. The van der Waals surface area contributed by atoms with E-state index in [4.69, 9.17) is 4.74 Å². The number of aryl methyl sites for hydroxylation is 1. The maximum atomic E-state index is 12.1. The van der Waals surface area contributed by atoms with Crippen molar-refractivity contribution in [3.63, 3.8) is 0 Å². The van der Waals surface area contributed by atoms with E-state index in [1.807, 2.05) is 0 Å². The van der Waals surface area contributed by atoms with Gasteiger partial charge in [-0.2, -0.15) is 60.7 Å². The van der Waals surface area contributed by atoms with Gasteiger partial charge in [0.25, 0.3) is 30.4 Å². The molecule has 0 aliphatic carbocycles. The fraction of sp³-hybridized carbons (Fsp3) is 0.0882. The smallest absolute Gasteiger partial charge is 0.320 e. The number of aromatic hydroxyl groups is 1. The first-order chi connectivity index (χ1) is 26.8. The summed E-state index contributed by atoms with van der Waals surface area (Å²) < 4.78 is 104. The molecular weight excluding hydrogens is 807 g/mol. The van der Waals surface area contributed by atoms with E-state index < -0.39 is 46.2 Å². The minimum Gasteiger partial charge on any atom is -0.494 e. The van der Waals surface area contributed by atoms with Crippen molar-refractivity contribution in [1.29, 1.82) is 0 Å². The highest BCUT2D eigenvalue weighted by Gasteiger charge is 2.21. The third kappa shape index (κ3) is 9.49. The Hall–Kier alpha value is -6.50. The second-order valence-electron chi connectivity index (χ2n) is 11.9. The largest absolute Gasteiger partial charge is 0.494 e. The van der Waals surface area contributed by atoms with Gasteiger partial charge >= 0.3 is 6.01 Å². The van der Waals surface area contributed by atoms with Crippen LogP contribution in [-0.2, 0) is 30.4 Å². The van der Waals surface area contributed by atoms with Crippen LogP contribution >= 0.6 is 0 Å². The summed E-state index contributed by atoms with van der Waals surface area (Å²) in [7, 11) is -11.0. The molecule has 0 fully saturated rings. The zero-order chi connectivity index (χ0) is 41.3. The van der Waals surface area contributed by atoms with Gasteiger partial charge in [0.05, 0.1) is 45.3 Å². The summed E-state index contributed by atoms with van der Waals surface area (Å²) in [6.07, 6.45) is 0. The van der Waals surface area contributed by atoms with Crippen molar-refractivity contribution < 1.29 is 48.8 Å². The van der Waals surface area contributed by atoms with Crippen LogP contribution in [-0.4, -0.2) is 73.1 Å². The first-order valence-corrected chi connectivity index (χ1v) is 20.3. The predicted octanol–water partition coefficient (Wildman–Crippen LogP) is 7.13. The summed E-state index contributed by atoms with van der Waals surface area (Å²) in [5.74, 6) is 0.309. The van der Waals surface area contributed by atoms with Crippen molar-refractivity contribution >= 4 is 87.1 Å². The van der Waals surface area contributed by atoms with Crippen LogP contribution in [0, 0.1) is 6.92 Å². The fourth-order valence-corrected chi connectivity index (χ4v) is 7.11. The molecule has 20 nitrogen and oxygen atoms in total. The Kier molecular flexibility index (Phi) is 11.0. The molecule has 6 aromatic rings. The van der Waals surface area contributed by atoms with Crippen LogP contribution in [0.5, 0.6) is 11.8 Å². The van der Waals surface area contributed by atoms with Crippen molar-refractivity contribution in [2.75, 3.05) is 24.4 Å². The van der Waals surface area contributed by atoms with Crippen molar-refractivity contribution in [1.82, 2.24) is 15.0 Å². The van der Waals surface area contributed by atoms with Crippen LogP contribution < -0.4 is 15.0 Å². The van der Waals surface area contributed by atoms with E-state index in [-0.39, 0.29) is 38.9 Å². The van der Waals surface area contributed by atoms with Crippen molar-refractivity contribution in [2.24, 2.45) is 20.5 Å². The van der Waals surface area contributed by atoms with E-state index in [1.165, 1.54) is 49.6 Å². The highest BCUT2D eigenvalue weighted by atomic mass is 32.2. The highest BCUT2D eigenvalue weighted by Crippen LogP contribution is 2.35. The summed E-state index contributed by atoms with van der Waals surface area (Å²) in [6.45, 7) is 1.75. The number of nitrogens with one attached hydrogen (secondary N) is 1. The second kappa shape index (κ2) is 15.6. The average molecular weight is 836 g/mol. The van der Waals surface area contributed by atoms with Crippen molar-refractivity contribution in [3.05, 3.63) is 96.6 Å². The topological polar surface area (TPSA) is 296 Å². The predicted molar refractivity (Wildman–Crippen MR) is 205 cm³/mol. The lowest BCUT2D eigenvalue weighted by Crippen LogP contribution is -2.14. The highest BCUT2D eigenvalue weighted by molar-refractivity contribution is 7.87. The van der Waals surface area contributed by atoms with Gasteiger partial charge in [0.1, 0.15) is 10.6 Å². The first-order valence-electron chi connectivity index (χ1n) is 16.0. The molecule has 0 radical (unpaired) electrons. The number of benzene rings is 5. The number of aromatic nitrogens is 3. The summed E-state index contributed by atoms with van der Waals surface area (Å²) >= 11 is 0. The number of hydrogen-bond acceptors (Lipinski definition) is 17. The maximum absolute atomic E-state index is 12.1. The first kappa shape index (κ1) is 40.2. The molecule has 57 heavy (non-hydrogen) atoms. The van der Waals surface area contributed by atoms with Gasteiger partial charge in [0.2, 0.25) is 11.9 Å². The molecule has 294 valence electrons. The Bertz CT molecular complexity index is 2970. The molecule has 5 aromatic carbocycles. The summed E-state index contributed by atoms with van der Waals surface area (Å²) in [5, 5.41) is 30.0. The minimum absolute atomic E-state index is 0.0389. The Morgan fingerprint density at radius 3 is 2.02 bits per heavy atom. The number of anilines is 4. The third-order valence-electron chi connectivity index (χ3n) is 8.03. The monoisotopic (exact) mass is 835 g/mol. The van der Waals surface area contributed by atoms with Gasteiger partial charge in [-0.25, -0.2) is 0 Å². The Morgan fingerprint density at radius 1 is 0.684 bits per heavy atom. The lowest BCUT2D eigenvalue weighted by atomic mass is 10.1. The zero-order valence-corrected chi connectivity index (χ0v) is 32.1. The normalized spacial score (nSPS) is 12.4. The molecule has 0 saturated carbocycles. The number of fused-ring (bicyclic) bond motifs is 1. The standard InChI is InChI=1S/C34H29N9O11S3/c1-19-13-24(10-12-28(19)42-41-22-8-7-20-14-26(56(48,49)50)18-31(27(20)16-22)57(51,52)53)43(2)33-36-32(37-34(44)38-33)35-29-11-9-23(17-30(29)54-3)40-39-21-5-4-6-25(15-21)55(45,46)47/h4-18H,1-3H3,(H,45,46,47)(H,48,49,50)(H,51,52,53)(H2,35,36,37,38,44). The Morgan fingerprint density at radius 2 is 1.35 bits per heavy atom. The third-order valence-corrected chi connectivity index (χ3v) is 10.6. The van der Waals surface area contributed by atoms with Crippen LogP contribution in [0.25, 0.3) is 10.8 Å². The molecule has 1 aromatic heterocycles. The van der Waals surface area contributed by atoms with Gasteiger partial charge in [-0.3, -0.25) is 13.7 Å². The van der Waals surface area contributed by atoms with Crippen LogP contribution in [0.15, 0.2) is 126 Å². The van der Waals surface area contributed by atoms with Gasteiger partial charge in [-0.05, 0) is 90.7 Å². The number of ether oxygens (including phenoxy) is 1. The molecular formula is C34H29N9O11S3. The van der Waals surface area contributed by atoms with E-state index in [9.17, 15) is 44.0 Å². The molecule has 0 atom stereocenters. The van der Waals surface area contributed by atoms with Gasteiger partial charge in [0, 0.05) is 24.2 Å². The summed E-state index contributed by atoms with van der Waals surface area (Å²) in [6, 6.07) is 20.3. The minimum atomic E-state index is -4.90. The molecule has 0 aliphatic heterocycles. The van der Waals surface area contributed by atoms with Gasteiger partial charge < -0.3 is 20.1 Å². The Balaban J connectivity index is 1.20. The van der Waals surface area contributed by atoms with E-state index in [0.717, 1.165) is 12.1 Å². The second-order valence-corrected chi connectivity index (χ2v) is 16.2. The zero-order valence-electron chi connectivity index (χ0n) is 29.6. The molecule has 0 aliphatic rings. The van der Waals surface area contributed by atoms with Gasteiger partial charge in [0.15, 0.2) is 0 Å². The molecule has 6 rings (SSSR count). The number of azo groups is 2. The number of methoxy groups -OCH3 is 1.